The number of nitrogens with one attached hydrogen (secondary N) is 1. The number of aliphatic imine (C=N–C) groups is 1. The third-order valence-corrected chi connectivity index (χ3v) is 5.39. The molecule has 0 bridgehead atoms. The molecule has 5 heteroatoms. The highest BCUT2D eigenvalue weighted by Gasteiger charge is 2.22. The van der Waals surface area contributed by atoms with Crippen LogP contribution in [0, 0.1) is 0 Å². The number of hydrogen-bond donors (Lipinski definition) is 1. The van der Waals surface area contributed by atoms with Gasteiger partial charge in [-0.3, -0.25) is 15.1 Å². The Bertz CT molecular complexity index is 1200. The van der Waals surface area contributed by atoms with Gasteiger partial charge in [-0.15, -0.1) is 11.3 Å². The van der Waals surface area contributed by atoms with Gasteiger partial charge in [0.05, 0.1) is 17.0 Å². The van der Waals surface area contributed by atoms with Crippen LogP contribution < -0.4 is 5.32 Å². The number of thiazole rings is 1. The molecule has 3 aromatic carbocycles. The minimum atomic E-state index is -0.176. The minimum absolute atomic E-state index is 0.176. The fourth-order valence-corrected chi connectivity index (χ4v) is 3.91. The molecule has 27 heavy (non-hydrogen) atoms. The van der Waals surface area contributed by atoms with E-state index in [1.807, 2.05) is 35.7 Å². The lowest BCUT2D eigenvalue weighted by Gasteiger charge is -2.05. The second-order valence-corrected chi connectivity index (χ2v) is 7.30. The van der Waals surface area contributed by atoms with Crippen LogP contribution in [0.2, 0.25) is 0 Å². The molecule has 130 valence electrons. The lowest BCUT2D eigenvalue weighted by Crippen LogP contribution is -2.11. The summed E-state index contributed by atoms with van der Waals surface area (Å²) in [6.45, 7) is 0. The van der Waals surface area contributed by atoms with E-state index in [1.54, 1.807) is 6.20 Å². The summed E-state index contributed by atoms with van der Waals surface area (Å²) in [5.74, 6) is -0.176. The summed E-state index contributed by atoms with van der Waals surface area (Å²) >= 11 is 1.40. The maximum Gasteiger partial charge on any atom is 0.259 e. The van der Waals surface area contributed by atoms with E-state index in [1.165, 1.54) is 22.1 Å². The van der Waals surface area contributed by atoms with Gasteiger partial charge in [0.1, 0.15) is 0 Å². The Hall–Kier alpha value is -3.31. The van der Waals surface area contributed by atoms with Crippen LogP contribution in [0.15, 0.2) is 77.2 Å². The summed E-state index contributed by atoms with van der Waals surface area (Å²) in [6, 6.07) is 20.4. The van der Waals surface area contributed by atoms with Crippen molar-refractivity contribution in [2.24, 2.45) is 4.99 Å². The molecule has 1 aliphatic rings. The zero-order valence-corrected chi connectivity index (χ0v) is 15.2. The van der Waals surface area contributed by atoms with Crippen LogP contribution in [0.5, 0.6) is 0 Å². The molecule has 0 spiro atoms. The molecule has 5 rings (SSSR count). The molecular weight excluding hydrogens is 354 g/mol. The molecule has 0 unspecified atom stereocenters. The van der Waals surface area contributed by atoms with Crippen molar-refractivity contribution in [3.8, 4) is 0 Å². The number of fused-ring (bicyclic) bond motifs is 2. The van der Waals surface area contributed by atoms with Crippen molar-refractivity contribution in [1.29, 1.82) is 0 Å². The molecule has 1 N–H and O–H groups in total. The molecule has 1 aromatic heterocycles. The lowest BCUT2D eigenvalue weighted by molar-refractivity contribution is 0.102. The standard InChI is InChI=1S/C22H15N3OS/c26-21(25-22-23-10-11-27-22)18-7-3-6-17-13-19(24-20(17)18)16-9-8-14-4-1-2-5-15(14)12-16/h1-12H,13H2,(H,23,25,26). The van der Waals surface area contributed by atoms with Gasteiger partial charge in [0.2, 0.25) is 0 Å². The lowest BCUT2D eigenvalue weighted by atomic mass is 10.00. The van der Waals surface area contributed by atoms with Crippen LogP contribution in [0.4, 0.5) is 10.8 Å². The molecule has 0 aliphatic carbocycles. The van der Waals surface area contributed by atoms with E-state index in [9.17, 15) is 4.79 Å². The van der Waals surface area contributed by atoms with Gasteiger partial charge in [0.15, 0.2) is 5.13 Å². The Labute approximate surface area is 160 Å². The summed E-state index contributed by atoms with van der Waals surface area (Å²) in [5, 5.41) is 7.67. The van der Waals surface area contributed by atoms with Gasteiger partial charge in [-0.05, 0) is 34.0 Å². The number of carbonyl (C=O) groups is 1. The molecule has 2 heterocycles. The van der Waals surface area contributed by atoms with Gasteiger partial charge < -0.3 is 0 Å². The molecule has 4 aromatic rings. The number of para-hydroxylation sites is 1. The zero-order valence-electron chi connectivity index (χ0n) is 14.3. The van der Waals surface area contributed by atoms with Gasteiger partial charge in [-0.25, -0.2) is 4.98 Å². The van der Waals surface area contributed by atoms with Gasteiger partial charge in [-0.2, -0.15) is 0 Å². The van der Waals surface area contributed by atoms with E-state index < -0.39 is 0 Å². The van der Waals surface area contributed by atoms with E-state index in [0.717, 1.165) is 28.9 Å². The van der Waals surface area contributed by atoms with Crippen LogP contribution in [0.3, 0.4) is 0 Å². The van der Waals surface area contributed by atoms with Crippen molar-refractivity contribution in [2.75, 3.05) is 5.32 Å². The van der Waals surface area contributed by atoms with Crippen molar-refractivity contribution in [3.05, 3.63) is 88.9 Å². The predicted octanol–water partition coefficient (Wildman–Crippen LogP) is 5.23. The van der Waals surface area contributed by atoms with E-state index in [2.05, 4.69) is 40.6 Å². The van der Waals surface area contributed by atoms with Gasteiger partial charge in [0.25, 0.3) is 5.91 Å². The predicted molar refractivity (Wildman–Crippen MR) is 110 cm³/mol. The molecule has 4 nitrogen and oxygen atoms in total. The van der Waals surface area contributed by atoms with Crippen LogP contribution in [0.1, 0.15) is 21.5 Å². The number of benzene rings is 3. The number of hydrogen-bond acceptors (Lipinski definition) is 4. The summed E-state index contributed by atoms with van der Waals surface area (Å²) < 4.78 is 0. The fourth-order valence-electron chi connectivity index (χ4n) is 3.39. The number of aromatic nitrogens is 1. The molecule has 1 aliphatic heterocycles. The summed E-state index contributed by atoms with van der Waals surface area (Å²) in [5.41, 5.74) is 4.50. The van der Waals surface area contributed by atoms with Crippen molar-refractivity contribution >= 4 is 44.5 Å². The van der Waals surface area contributed by atoms with Crippen LogP contribution in [-0.4, -0.2) is 16.6 Å². The zero-order chi connectivity index (χ0) is 18.2. The Kier molecular flexibility index (Phi) is 3.80. The van der Waals surface area contributed by atoms with E-state index in [-0.39, 0.29) is 5.91 Å². The highest BCUT2D eigenvalue weighted by Crippen LogP contribution is 2.33. The molecule has 0 fully saturated rings. The van der Waals surface area contributed by atoms with E-state index >= 15 is 0 Å². The van der Waals surface area contributed by atoms with Gasteiger partial charge in [-0.1, -0.05) is 48.5 Å². The highest BCUT2D eigenvalue weighted by atomic mass is 32.1. The molecule has 0 radical (unpaired) electrons. The van der Waals surface area contributed by atoms with Crippen molar-refractivity contribution in [1.82, 2.24) is 4.98 Å². The number of carbonyl (C=O) groups excluding carboxylic acids is 1. The number of anilines is 1. The highest BCUT2D eigenvalue weighted by molar-refractivity contribution is 7.13. The average molecular weight is 369 g/mol. The van der Waals surface area contributed by atoms with Crippen LogP contribution in [-0.2, 0) is 6.42 Å². The second-order valence-electron chi connectivity index (χ2n) is 6.40. The summed E-state index contributed by atoms with van der Waals surface area (Å²) in [4.78, 5) is 21.6. The fraction of sp³-hybridized carbons (Fsp3) is 0.0455. The molecule has 1 amide bonds. The van der Waals surface area contributed by atoms with Crippen molar-refractivity contribution < 1.29 is 4.79 Å². The average Bonchev–Trinajstić information content (AvgIpc) is 3.36. The summed E-state index contributed by atoms with van der Waals surface area (Å²) in [6.07, 6.45) is 2.40. The molecule has 0 atom stereocenters. The van der Waals surface area contributed by atoms with Crippen molar-refractivity contribution in [3.63, 3.8) is 0 Å². The first-order valence-corrected chi connectivity index (χ1v) is 9.55. The van der Waals surface area contributed by atoms with Gasteiger partial charge >= 0.3 is 0 Å². The number of rotatable bonds is 3. The largest absolute Gasteiger partial charge is 0.298 e. The number of amides is 1. The normalized spacial score (nSPS) is 12.7. The third kappa shape index (κ3) is 2.92. The number of nitrogens with zero attached hydrogens (tertiary/aromatic N) is 2. The maximum absolute atomic E-state index is 12.7. The first kappa shape index (κ1) is 15.9. The Morgan fingerprint density at radius 3 is 2.74 bits per heavy atom. The Morgan fingerprint density at radius 1 is 1.00 bits per heavy atom. The topological polar surface area (TPSA) is 54.4 Å². The van der Waals surface area contributed by atoms with Crippen LogP contribution >= 0.6 is 11.3 Å². The first-order valence-electron chi connectivity index (χ1n) is 8.67. The van der Waals surface area contributed by atoms with Crippen LogP contribution in [0.25, 0.3) is 10.8 Å². The van der Waals surface area contributed by atoms with E-state index in [4.69, 9.17) is 4.99 Å². The Morgan fingerprint density at radius 2 is 1.89 bits per heavy atom. The molecule has 0 saturated heterocycles. The van der Waals surface area contributed by atoms with E-state index in [0.29, 0.717) is 10.7 Å². The smallest absolute Gasteiger partial charge is 0.259 e. The van der Waals surface area contributed by atoms with Gasteiger partial charge in [0, 0.05) is 18.0 Å². The Balaban J connectivity index is 1.51. The monoisotopic (exact) mass is 369 g/mol. The first-order chi connectivity index (χ1) is 13.3. The molecule has 0 saturated carbocycles. The second kappa shape index (κ2) is 6.45. The SMILES string of the molecule is O=C(Nc1nccs1)c1cccc2c1N=C(c1ccc3ccccc3c1)C2. The molecular formula is C22H15N3OS. The van der Waals surface area contributed by atoms with Crippen molar-refractivity contribution in [2.45, 2.75) is 6.42 Å². The minimum Gasteiger partial charge on any atom is -0.298 e. The third-order valence-electron chi connectivity index (χ3n) is 4.70. The summed E-state index contributed by atoms with van der Waals surface area (Å²) in [7, 11) is 0. The maximum atomic E-state index is 12.7. The quantitative estimate of drug-likeness (QED) is 0.538.